The van der Waals surface area contributed by atoms with Crippen molar-refractivity contribution in [2.24, 2.45) is 0 Å². The van der Waals surface area contributed by atoms with Crippen LogP contribution in [-0.4, -0.2) is 0 Å². The van der Waals surface area contributed by atoms with Crippen LogP contribution in [0, 0.1) is 0 Å². The maximum Gasteiger partial charge on any atom is 0.0540 e. The van der Waals surface area contributed by atoms with Crippen LogP contribution >= 0.6 is 0 Å². The molecule has 0 fully saturated rings. The molecule has 0 radical (unpaired) electrons. The third-order valence-corrected chi connectivity index (χ3v) is 12.3. The lowest BCUT2D eigenvalue weighted by Crippen LogP contribution is -2.10. The van der Waals surface area contributed by atoms with E-state index in [1.165, 1.54) is 75.4 Å². The average molecular weight is 763 g/mol. The maximum absolute atomic E-state index is 2.41. The fraction of sp³-hybridized carbons (Fsp3) is 0. The van der Waals surface area contributed by atoms with Gasteiger partial charge in [0.2, 0.25) is 0 Å². The van der Waals surface area contributed by atoms with Crippen LogP contribution in [-0.2, 0) is 0 Å². The first-order valence-corrected chi connectivity index (χ1v) is 20.7. The van der Waals surface area contributed by atoms with Crippen LogP contribution in [0.15, 0.2) is 231 Å². The van der Waals surface area contributed by atoms with Crippen molar-refractivity contribution in [3.63, 3.8) is 0 Å². The molecule has 0 atom stereocenters. The summed E-state index contributed by atoms with van der Waals surface area (Å²) in [6, 6.07) is 84.3. The van der Waals surface area contributed by atoms with Gasteiger partial charge in [-0.25, -0.2) is 0 Å². The van der Waals surface area contributed by atoms with Gasteiger partial charge in [-0.2, -0.15) is 0 Å². The van der Waals surface area contributed by atoms with E-state index in [-0.39, 0.29) is 0 Å². The maximum atomic E-state index is 2.41. The smallest absolute Gasteiger partial charge is 0.0540 e. The number of rotatable bonds is 6. The van der Waals surface area contributed by atoms with Crippen molar-refractivity contribution in [3.05, 3.63) is 231 Å². The highest BCUT2D eigenvalue weighted by atomic mass is 15.1. The number of hydrogen-bond acceptors (Lipinski definition) is 2. The van der Waals surface area contributed by atoms with Gasteiger partial charge in [-0.1, -0.05) is 170 Å². The van der Waals surface area contributed by atoms with Crippen LogP contribution in [0.2, 0.25) is 0 Å². The van der Waals surface area contributed by atoms with E-state index in [4.69, 9.17) is 0 Å². The summed E-state index contributed by atoms with van der Waals surface area (Å²) in [6.07, 6.45) is 0. The molecule has 280 valence electrons. The van der Waals surface area contributed by atoms with Gasteiger partial charge < -0.3 is 9.80 Å². The number of nitrogens with zero attached hydrogens (tertiary/aromatic N) is 2. The quantitative estimate of drug-likeness (QED) is 0.156. The zero-order valence-electron chi connectivity index (χ0n) is 32.8. The highest BCUT2D eigenvalue weighted by Gasteiger charge is 2.21. The molecule has 0 N–H and O–H groups in total. The number of fused-ring (bicyclic) bond motifs is 13. The lowest BCUT2D eigenvalue weighted by Gasteiger charge is -2.28. The Hall–Kier alpha value is -7.94. The second kappa shape index (κ2) is 13.9. The Labute approximate surface area is 348 Å². The summed E-state index contributed by atoms with van der Waals surface area (Å²) in [4.78, 5) is 4.82. The molecule has 0 aromatic heterocycles. The Morgan fingerprint density at radius 1 is 0.200 bits per heavy atom. The van der Waals surface area contributed by atoms with E-state index in [0.29, 0.717) is 0 Å². The fourth-order valence-electron chi connectivity index (χ4n) is 9.74. The molecule has 0 aliphatic rings. The van der Waals surface area contributed by atoms with E-state index in [0.717, 1.165) is 34.1 Å². The first kappa shape index (κ1) is 34.1. The highest BCUT2D eigenvalue weighted by Crippen LogP contribution is 2.48. The Morgan fingerprint density at radius 3 is 0.967 bits per heavy atom. The Morgan fingerprint density at radius 2 is 0.533 bits per heavy atom. The van der Waals surface area contributed by atoms with Crippen molar-refractivity contribution in [1.82, 2.24) is 0 Å². The van der Waals surface area contributed by atoms with Gasteiger partial charge >= 0.3 is 0 Å². The molecule has 0 aliphatic heterocycles. The summed E-state index contributed by atoms with van der Waals surface area (Å²) in [5.41, 5.74) is 6.81. The zero-order valence-corrected chi connectivity index (χ0v) is 32.8. The molecule has 60 heavy (non-hydrogen) atoms. The predicted octanol–water partition coefficient (Wildman–Crippen LogP) is 16.7. The molecule has 0 bridgehead atoms. The van der Waals surface area contributed by atoms with Crippen LogP contribution < -0.4 is 9.80 Å². The van der Waals surface area contributed by atoms with Crippen LogP contribution in [0.3, 0.4) is 0 Å². The minimum atomic E-state index is 1.12. The third kappa shape index (κ3) is 5.35. The predicted molar refractivity (Wildman–Crippen MR) is 258 cm³/mol. The molecule has 2 heteroatoms. The second-order valence-electron chi connectivity index (χ2n) is 15.6. The molecule has 12 aromatic rings. The fourth-order valence-corrected chi connectivity index (χ4v) is 9.74. The van der Waals surface area contributed by atoms with Gasteiger partial charge in [0.15, 0.2) is 0 Å². The molecule has 0 saturated heterocycles. The standard InChI is InChI=1S/C58H38N2/c1-3-21-41(22-4-1)59(55-31-15-19-39-17-7-9-25-45(39)55)43-33-35-51-53(37-43)47-27-11-13-29-49(47)58-52-36-34-44(38-54(52)48-28-12-14-30-50(48)57(51)58)60(42-23-5-2-6-24-42)56-32-16-20-40-18-8-10-26-46(40)56/h1-38H. The molecule has 0 spiro atoms. The molecule has 0 heterocycles. The molecule has 2 nitrogen and oxygen atoms in total. The van der Waals surface area contributed by atoms with E-state index in [1.54, 1.807) is 0 Å². The van der Waals surface area contributed by atoms with Crippen molar-refractivity contribution >= 4 is 110 Å². The Kier molecular flexibility index (Phi) is 7.89. The molecule has 12 aromatic carbocycles. The van der Waals surface area contributed by atoms with E-state index < -0.39 is 0 Å². The molecule has 0 amide bonds. The minimum absolute atomic E-state index is 1.12. The first-order chi connectivity index (χ1) is 29.8. The van der Waals surface area contributed by atoms with Gasteiger partial charge in [-0.05, 0) is 125 Å². The second-order valence-corrected chi connectivity index (χ2v) is 15.6. The highest BCUT2D eigenvalue weighted by molar-refractivity contribution is 6.39. The number of para-hydroxylation sites is 2. The summed E-state index contributed by atoms with van der Waals surface area (Å²) in [5, 5.41) is 17.4. The van der Waals surface area contributed by atoms with Crippen LogP contribution in [0.1, 0.15) is 0 Å². The monoisotopic (exact) mass is 762 g/mol. The zero-order chi connectivity index (χ0) is 39.6. The van der Waals surface area contributed by atoms with Crippen molar-refractivity contribution < 1.29 is 0 Å². The number of anilines is 6. The van der Waals surface area contributed by atoms with Crippen LogP contribution in [0.5, 0.6) is 0 Å². The lowest BCUT2D eigenvalue weighted by molar-refractivity contribution is 1.30. The van der Waals surface area contributed by atoms with Gasteiger partial charge in [0.1, 0.15) is 0 Å². The third-order valence-electron chi connectivity index (χ3n) is 12.3. The molecule has 0 saturated carbocycles. The van der Waals surface area contributed by atoms with Crippen molar-refractivity contribution in [1.29, 1.82) is 0 Å². The Balaban J connectivity index is 1.14. The van der Waals surface area contributed by atoms with Crippen LogP contribution in [0.25, 0.3) is 75.4 Å². The van der Waals surface area contributed by atoms with Crippen LogP contribution in [0.4, 0.5) is 34.1 Å². The largest absolute Gasteiger partial charge is 0.310 e. The molecule has 12 rings (SSSR count). The minimum Gasteiger partial charge on any atom is -0.310 e. The summed E-state index contributed by atoms with van der Waals surface area (Å²) >= 11 is 0. The SMILES string of the molecule is c1ccc(N(c2ccc3c(c2)c2ccccc2c2c4ccc(N(c5ccccc5)c5cccc6ccccc56)cc4c4ccccc4c32)c2cccc3ccccc23)cc1. The van der Waals surface area contributed by atoms with E-state index >= 15 is 0 Å². The van der Waals surface area contributed by atoms with E-state index in [2.05, 4.69) is 240 Å². The topological polar surface area (TPSA) is 6.48 Å². The van der Waals surface area contributed by atoms with Crippen molar-refractivity contribution in [2.75, 3.05) is 9.80 Å². The average Bonchev–Trinajstić information content (AvgIpc) is 3.32. The van der Waals surface area contributed by atoms with Gasteiger partial charge in [0.05, 0.1) is 11.4 Å². The summed E-state index contributed by atoms with van der Waals surface area (Å²) in [6.45, 7) is 0. The van der Waals surface area contributed by atoms with Gasteiger partial charge in [-0.3, -0.25) is 0 Å². The number of hydrogen-bond donors (Lipinski definition) is 0. The molecular formula is C58H38N2. The molecule has 0 aliphatic carbocycles. The van der Waals surface area contributed by atoms with E-state index in [1.807, 2.05) is 0 Å². The lowest BCUT2D eigenvalue weighted by atomic mass is 9.87. The van der Waals surface area contributed by atoms with Crippen molar-refractivity contribution in [3.8, 4) is 0 Å². The van der Waals surface area contributed by atoms with Gasteiger partial charge in [0.25, 0.3) is 0 Å². The Bertz CT molecular complexity index is 3360. The normalized spacial score (nSPS) is 11.7. The van der Waals surface area contributed by atoms with Crippen molar-refractivity contribution in [2.45, 2.75) is 0 Å². The van der Waals surface area contributed by atoms with Gasteiger partial charge in [-0.15, -0.1) is 0 Å². The molecular weight excluding hydrogens is 725 g/mol. The summed E-state index contributed by atoms with van der Waals surface area (Å²) < 4.78 is 0. The number of benzene rings is 12. The van der Waals surface area contributed by atoms with E-state index in [9.17, 15) is 0 Å². The molecule has 0 unspecified atom stereocenters. The first-order valence-electron chi connectivity index (χ1n) is 20.7. The summed E-state index contributed by atoms with van der Waals surface area (Å²) in [7, 11) is 0. The van der Waals surface area contributed by atoms with Gasteiger partial charge in [0, 0.05) is 33.5 Å². The summed E-state index contributed by atoms with van der Waals surface area (Å²) in [5.74, 6) is 0.